The standard InChI is InChI=1S/C13H17BrClN3O/c1-16-13(19)12-7-17-4-5-18(12)8-9-2-3-10(14)6-11(9)15/h2-3,6,12,17H,4-5,7-8H2,1H3,(H,16,19). The molecule has 0 radical (unpaired) electrons. The molecule has 104 valence electrons. The first-order valence-corrected chi connectivity index (χ1v) is 7.39. The number of likely N-dealkylation sites (N-methyl/N-ethyl adjacent to an activating group) is 1. The second-order valence-electron chi connectivity index (χ2n) is 4.54. The van der Waals surface area contributed by atoms with Crippen molar-refractivity contribution in [3.8, 4) is 0 Å². The van der Waals surface area contributed by atoms with Gasteiger partial charge in [0.15, 0.2) is 0 Å². The molecular weight excluding hydrogens is 330 g/mol. The zero-order chi connectivity index (χ0) is 13.8. The summed E-state index contributed by atoms with van der Waals surface area (Å²) >= 11 is 9.63. The lowest BCUT2D eigenvalue weighted by Gasteiger charge is -2.35. The molecule has 1 aromatic rings. The molecule has 1 aliphatic heterocycles. The summed E-state index contributed by atoms with van der Waals surface area (Å²) in [6, 6.07) is 5.71. The molecule has 1 amide bonds. The molecule has 1 heterocycles. The van der Waals surface area contributed by atoms with Gasteiger partial charge in [-0.15, -0.1) is 0 Å². The van der Waals surface area contributed by atoms with E-state index in [1.165, 1.54) is 0 Å². The molecule has 4 nitrogen and oxygen atoms in total. The van der Waals surface area contributed by atoms with Crippen molar-refractivity contribution in [3.63, 3.8) is 0 Å². The number of carbonyl (C=O) groups excluding carboxylic acids is 1. The zero-order valence-corrected chi connectivity index (χ0v) is 13.1. The monoisotopic (exact) mass is 345 g/mol. The predicted octanol–water partition coefficient (Wildman–Crippen LogP) is 1.62. The molecule has 0 aliphatic carbocycles. The van der Waals surface area contributed by atoms with Crippen molar-refractivity contribution in [3.05, 3.63) is 33.3 Å². The smallest absolute Gasteiger partial charge is 0.238 e. The molecule has 0 aromatic heterocycles. The molecule has 19 heavy (non-hydrogen) atoms. The summed E-state index contributed by atoms with van der Waals surface area (Å²) in [6.07, 6.45) is 0. The Hall–Kier alpha value is -0.620. The topological polar surface area (TPSA) is 44.4 Å². The summed E-state index contributed by atoms with van der Waals surface area (Å²) in [4.78, 5) is 14.0. The molecule has 1 atom stereocenters. The maximum Gasteiger partial charge on any atom is 0.238 e. The molecule has 1 aliphatic rings. The highest BCUT2D eigenvalue weighted by atomic mass is 79.9. The van der Waals surface area contributed by atoms with Gasteiger partial charge in [0, 0.05) is 42.7 Å². The third-order valence-corrected chi connectivity index (χ3v) is 4.14. The van der Waals surface area contributed by atoms with Crippen molar-refractivity contribution in [1.82, 2.24) is 15.5 Å². The number of nitrogens with zero attached hydrogens (tertiary/aromatic N) is 1. The third kappa shape index (κ3) is 3.69. The van der Waals surface area contributed by atoms with E-state index in [9.17, 15) is 4.79 Å². The first-order valence-electron chi connectivity index (χ1n) is 6.22. The van der Waals surface area contributed by atoms with Gasteiger partial charge in [-0.1, -0.05) is 33.6 Å². The van der Waals surface area contributed by atoms with Gasteiger partial charge < -0.3 is 10.6 Å². The Kier molecular flexibility index (Phi) is 5.21. The van der Waals surface area contributed by atoms with Gasteiger partial charge in [0.25, 0.3) is 0 Å². The minimum Gasteiger partial charge on any atom is -0.358 e. The molecule has 0 spiro atoms. The Morgan fingerprint density at radius 1 is 1.63 bits per heavy atom. The summed E-state index contributed by atoms with van der Waals surface area (Å²) in [5.74, 6) is 0.0421. The second-order valence-corrected chi connectivity index (χ2v) is 5.86. The lowest BCUT2D eigenvalue weighted by Crippen LogP contribution is -2.56. The van der Waals surface area contributed by atoms with Gasteiger partial charge in [0.2, 0.25) is 5.91 Å². The van der Waals surface area contributed by atoms with E-state index in [1.807, 2.05) is 18.2 Å². The summed E-state index contributed by atoms with van der Waals surface area (Å²) in [5.41, 5.74) is 1.04. The fourth-order valence-electron chi connectivity index (χ4n) is 2.23. The van der Waals surface area contributed by atoms with Gasteiger partial charge in [-0.25, -0.2) is 0 Å². The van der Waals surface area contributed by atoms with Crippen molar-refractivity contribution in [2.45, 2.75) is 12.6 Å². The average Bonchev–Trinajstić information content (AvgIpc) is 2.41. The van der Waals surface area contributed by atoms with Gasteiger partial charge in [-0.2, -0.15) is 0 Å². The number of benzene rings is 1. The molecular formula is C13H17BrClN3O. The number of hydrogen-bond acceptors (Lipinski definition) is 3. The largest absolute Gasteiger partial charge is 0.358 e. The Balaban J connectivity index is 2.13. The number of nitrogens with one attached hydrogen (secondary N) is 2. The number of amides is 1. The van der Waals surface area contributed by atoms with Gasteiger partial charge in [-0.3, -0.25) is 9.69 Å². The van der Waals surface area contributed by atoms with Crippen LogP contribution in [0.2, 0.25) is 5.02 Å². The predicted molar refractivity (Wildman–Crippen MR) is 80.3 cm³/mol. The first kappa shape index (κ1) is 14.8. The van der Waals surface area contributed by atoms with Gasteiger partial charge in [-0.05, 0) is 17.7 Å². The fraction of sp³-hybridized carbons (Fsp3) is 0.462. The van der Waals surface area contributed by atoms with Crippen molar-refractivity contribution >= 4 is 33.4 Å². The number of carbonyl (C=O) groups is 1. The number of piperazine rings is 1. The lowest BCUT2D eigenvalue weighted by molar-refractivity contribution is -0.126. The van der Waals surface area contributed by atoms with E-state index in [1.54, 1.807) is 7.05 Å². The third-order valence-electron chi connectivity index (χ3n) is 3.29. The molecule has 1 aromatic carbocycles. The van der Waals surface area contributed by atoms with E-state index in [0.29, 0.717) is 13.1 Å². The van der Waals surface area contributed by atoms with Crippen LogP contribution in [0.3, 0.4) is 0 Å². The van der Waals surface area contributed by atoms with Crippen LogP contribution < -0.4 is 10.6 Å². The van der Waals surface area contributed by atoms with Crippen LogP contribution in [-0.2, 0) is 11.3 Å². The van der Waals surface area contributed by atoms with Gasteiger partial charge in [0.1, 0.15) is 6.04 Å². The van der Waals surface area contributed by atoms with Gasteiger partial charge in [0.05, 0.1) is 0 Å². The lowest BCUT2D eigenvalue weighted by atomic mass is 10.1. The zero-order valence-electron chi connectivity index (χ0n) is 10.7. The minimum absolute atomic E-state index is 0.0421. The molecule has 2 rings (SSSR count). The van der Waals surface area contributed by atoms with Crippen LogP contribution in [0, 0.1) is 0 Å². The molecule has 0 saturated carbocycles. The number of halogens is 2. The SMILES string of the molecule is CNC(=O)C1CNCCN1Cc1ccc(Br)cc1Cl. The maximum absolute atomic E-state index is 11.9. The summed E-state index contributed by atoms with van der Waals surface area (Å²) in [7, 11) is 1.67. The van der Waals surface area contributed by atoms with Crippen LogP contribution in [0.25, 0.3) is 0 Å². The van der Waals surface area contributed by atoms with Crippen LogP contribution in [-0.4, -0.2) is 43.5 Å². The number of hydrogen-bond donors (Lipinski definition) is 2. The Labute approximate surface area is 126 Å². The summed E-state index contributed by atoms with van der Waals surface area (Å²) in [6.45, 7) is 3.09. The van der Waals surface area contributed by atoms with Crippen molar-refractivity contribution in [2.24, 2.45) is 0 Å². The molecule has 1 unspecified atom stereocenters. The van der Waals surface area contributed by atoms with Crippen LogP contribution in [0.5, 0.6) is 0 Å². The normalized spacial score (nSPS) is 20.3. The number of rotatable bonds is 3. The van der Waals surface area contributed by atoms with Crippen molar-refractivity contribution in [1.29, 1.82) is 0 Å². The van der Waals surface area contributed by atoms with E-state index < -0.39 is 0 Å². The van der Waals surface area contributed by atoms with Crippen LogP contribution in [0.1, 0.15) is 5.56 Å². The minimum atomic E-state index is -0.140. The molecule has 2 N–H and O–H groups in total. The summed E-state index contributed by atoms with van der Waals surface area (Å²) in [5, 5.41) is 6.69. The summed E-state index contributed by atoms with van der Waals surface area (Å²) < 4.78 is 0.962. The highest BCUT2D eigenvalue weighted by Gasteiger charge is 2.28. The van der Waals surface area contributed by atoms with Crippen LogP contribution >= 0.6 is 27.5 Å². The van der Waals surface area contributed by atoms with Crippen LogP contribution in [0.4, 0.5) is 0 Å². The fourth-order valence-corrected chi connectivity index (χ4v) is 2.96. The molecule has 1 fully saturated rings. The van der Waals surface area contributed by atoms with E-state index in [-0.39, 0.29) is 11.9 Å². The molecule has 1 saturated heterocycles. The van der Waals surface area contributed by atoms with Crippen molar-refractivity contribution in [2.75, 3.05) is 26.7 Å². The first-order chi connectivity index (χ1) is 9.11. The Morgan fingerprint density at radius 2 is 2.42 bits per heavy atom. The van der Waals surface area contributed by atoms with Gasteiger partial charge >= 0.3 is 0 Å². The highest BCUT2D eigenvalue weighted by molar-refractivity contribution is 9.10. The highest BCUT2D eigenvalue weighted by Crippen LogP contribution is 2.23. The van der Waals surface area contributed by atoms with Crippen molar-refractivity contribution < 1.29 is 4.79 Å². The second kappa shape index (κ2) is 6.70. The van der Waals surface area contributed by atoms with E-state index in [2.05, 4.69) is 31.5 Å². The van der Waals surface area contributed by atoms with E-state index in [4.69, 9.17) is 11.6 Å². The van der Waals surface area contributed by atoms with E-state index >= 15 is 0 Å². The van der Waals surface area contributed by atoms with Crippen LogP contribution in [0.15, 0.2) is 22.7 Å². The van der Waals surface area contributed by atoms with E-state index in [0.717, 1.165) is 28.1 Å². The average molecular weight is 347 g/mol. The maximum atomic E-state index is 11.9. The Bertz CT molecular complexity index is 469. The molecule has 6 heteroatoms. The molecule has 0 bridgehead atoms. The quantitative estimate of drug-likeness (QED) is 0.874. The Morgan fingerprint density at radius 3 is 3.11 bits per heavy atom.